The Morgan fingerprint density at radius 3 is 2.86 bits per heavy atom. The molecule has 2 aromatic heterocycles. The highest BCUT2D eigenvalue weighted by Gasteiger charge is 2.32. The molecule has 0 amide bonds. The van der Waals surface area contributed by atoms with Crippen LogP contribution in [0.1, 0.15) is 34.7 Å². The summed E-state index contributed by atoms with van der Waals surface area (Å²) < 4.78 is 12.8. The Morgan fingerprint density at radius 1 is 1.21 bits per heavy atom. The van der Waals surface area contributed by atoms with E-state index in [-0.39, 0.29) is 23.9 Å². The summed E-state index contributed by atoms with van der Waals surface area (Å²) in [5.74, 6) is 0.318. The van der Waals surface area contributed by atoms with Crippen LogP contribution in [-0.4, -0.2) is 15.5 Å². The molecule has 1 atom stereocenters. The van der Waals surface area contributed by atoms with Crippen molar-refractivity contribution in [2.24, 2.45) is 7.05 Å². The Labute approximate surface area is 162 Å². The van der Waals surface area contributed by atoms with Gasteiger partial charge in [0.1, 0.15) is 18.1 Å². The van der Waals surface area contributed by atoms with E-state index in [1.54, 1.807) is 30.1 Å². The van der Waals surface area contributed by atoms with E-state index >= 15 is 0 Å². The van der Waals surface area contributed by atoms with Gasteiger partial charge in [0.2, 0.25) is 0 Å². The maximum absolute atomic E-state index is 12.9. The van der Waals surface area contributed by atoms with Crippen LogP contribution in [0.2, 0.25) is 0 Å². The summed E-state index contributed by atoms with van der Waals surface area (Å²) in [5.41, 5.74) is 2.92. The van der Waals surface area contributed by atoms with Crippen LogP contribution in [0.15, 0.2) is 59.7 Å². The Hall–Kier alpha value is -3.41. The van der Waals surface area contributed by atoms with Gasteiger partial charge in [-0.3, -0.25) is 14.6 Å². The number of nitrogens with zero attached hydrogens (tertiary/aromatic N) is 2. The Kier molecular flexibility index (Phi) is 4.69. The van der Waals surface area contributed by atoms with Crippen LogP contribution in [0.25, 0.3) is 0 Å². The molecule has 0 aliphatic carbocycles. The molecule has 6 nitrogen and oxygen atoms in total. The van der Waals surface area contributed by atoms with Crippen LogP contribution in [0.4, 0.5) is 0 Å². The molecule has 142 valence electrons. The first-order valence-corrected chi connectivity index (χ1v) is 9.06. The number of aromatic nitrogens is 2. The molecule has 0 fully saturated rings. The summed E-state index contributed by atoms with van der Waals surface area (Å²) in [7, 11) is 1.72. The number of fused-ring (bicyclic) bond motifs is 1. The van der Waals surface area contributed by atoms with Gasteiger partial charge in [0.15, 0.2) is 0 Å². The predicted molar refractivity (Wildman–Crippen MR) is 104 cm³/mol. The summed E-state index contributed by atoms with van der Waals surface area (Å²) in [5, 5.41) is 0. The molecule has 3 aromatic rings. The third kappa shape index (κ3) is 3.41. The third-order valence-electron chi connectivity index (χ3n) is 5.00. The molecule has 28 heavy (non-hydrogen) atoms. The number of benzene rings is 1. The number of hydrogen-bond donors (Lipinski definition) is 0. The minimum absolute atomic E-state index is 0.122. The fourth-order valence-electron chi connectivity index (χ4n) is 3.40. The van der Waals surface area contributed by atoms with Crippen molar-refractivity contribution < 1.29 is 14.3 Å². The summed E-state index contributed by atoms with van der Waals surface area (Å²) >= 11 is 0. The molecular formula is C22H20N2O4. The maximum atomic E-state index is 12.9. The zero-order valence-corrected chi connectivity index (χ0v) is 15.7. The van der Waals surface area contributed by atoms with E-state index in [4.69, 9.17) is 9.47 Å². The lowest BCUT2D eigenvalue weighted by molar-refractivity contribution is -0.135. The van der Waals surface area contributed by atoms with Crippen molar-refractivity contribution in [3.8, 4) is 11.5 Å². The molecule has 0 bridgehead atoms. The number of ether oxygens (including phenoxy) is 2. The van der Waals surface area contributed by atoms with E-state index in [9.17, 15) is 9.59 Å². The van der Waals surface area contributed by atoms with Gasteiger partial charge in [0.25, 0.3) is 5.56 Å². The molecule has 0 radical (unpaired) electrons. The Bertz CT molecular complexity index is 1090. The molecule has 0 saturated heterocycles. The van der Waals surface area contributed by atoms with Crippen LogP contribution >= 0.6 is 0 Å². The van der Waals surface area contributed by atoms with Gasteiger partial charge in [-0.1, -0.05) is 18.2 Å². The summed E-state index contributed by atoms with van der Waals surface area (Å²) in [6.07, 6.45) is 3.59. The Morgan fingerprint density at radius 2 is 2.07 bits per heavy atom. The monoisotopic (exact) mass is 376 g/mol. The minimum atomic E-state index is -0.363. The lowest BCUT2D eigenvalue weighted by Crippen LogP contribution is -2.31. The van der Waals surface area contributed by atoms with Crippen LogP contribution in [-0.2, 0) is 18.4 Å². The highest BCUT2D eigenvalue weighted by molar-refractivity contribution is 5.77. The lowest BCUT2D eigenvalue weighted by atomic mass is 9.87. The van der Waals surface area contributed by atoms with Crippen molar-refractivity contribution in [1.29, 1.82) is 0 Å². The van der Waals surface area contributed by atoms with E-state index in [1.807, 2.05) is 43.3 Å². The van der Waals surface area contributed by atoms with E-state index in [1.165, 1.54) is 0 Å². The van der Waals surface area contributed by atoms with Crippen molar-refractivity contribution >= 4 is 5.97 Å². The molecule has 4 rings (SSSR count). The van der Waals surface area contributed by atoms with Gasteiger partial charge in [0.05, 0.1) is 12.0 Å². The molecule has 1 aliphatic rings. The van der Waals surface area contributed by atoms with E-state index in [2.05, 4.69) is 4.98 Å². The fourth-order valence-corrected chi connectivity index (χ4v) is 3.40. The zero-order valence-electron chi connectivity index (χ0n) is 15.7. The molecule has 0 spiro atoms. The molecule has 0 N–H and O–H groups in total. The van der Waals surface area contributed by atoms with E-state index in [0.29, 0.717) is 23.7 Å². The second kappa shape index (κ2) is 7.31. The minimum Gasteiger partial charge on any atom is -0.489 e. The predicted octanol–water partition coefficient (Wildman–Crippen LogP) is 3.11. The van der Waals surface area contributed by atoms with Crippen LogP contribution in [0.3, 0.4) is 0 Å². The number of hydrogen-bond acceptors (Lipinski definition) is 5. The number of pyridine rings is 2. The van der Waals surface area contributed by atoms with Crippen molar-refractivity contribution in [3.63, 3.8) is 0 Å². The summed E-state index contributed by atoms with van der Waals surface area (Å²) in [4.78, 5) is 29.1. The topological polar surface area (TPSA) is 70.4 Å². The smallest absolute Gasteiger partial charge is 0.312 e. The molecular weight excluding hydrogens is 356 g/mol. The van der Waals surface area contributed by atoms with Crippen LogP contribution < -0.4 is 15.0 Å². The number of esters is 1. The highest BCUT2D eigenvalue weighted by Crippen LogP contribution is 2.37. The third-order valence-corrected chi connectivity index (χ3v) is 5.00. The lowest BCUT2D eigenvalue weighted by Gasteiger charge is -2.25. The molecule has 3 heterocycles. The SMILES string of the molecule is Cc1cc2c(c(=O)n1C)[C@H](c1cccc(OCc3cccnc3)c1)CC(=O)O2. The number of carbonyl (C=O) groups excluding carboxylic acids is 1. The van der Waals surface area contributed by atoms with Gasteiger partial charge >= 0.3 is 5.97 Å². The molecule has 1 aliphatic heterocycles. The molecule has 1 aromatic carbocycles. The first-order valence-electron chi connectivity index (χ1n) is 9.06. The van der Waals surface area contributed by atoms with Crippen LogP contribution in [0.5, 0.6) is 11.5 Å². The first-order chi connectivity index (χ1) is 13.5. The van der Waals surface area contributed by atoms with Gasteiger partial charge in [0, 0.05) is 42.7 Å². The molecule has 0 unspecified atom stereocenters. The average molecular weight is 376 g/mol. The standard InChI is InChI=1S/C22H20N2O4/c1-14-9-19-21(22(26)24(14)2)18(11-20(25)28-19)16-6-3-7-17(10-16)27-13-15-5-4-8-23-12-15/h3-10,12,18H,11,13H2,1-2H3/t18-/m0/s1. The summed E-state index contributed by atoms with van der Waals surface area (Å²) in [6.45, 7) is 2.20. The molecule has 6 heteroatoms. The van der Waals surface area contributed by atoms with Gasteiger partial charge in [-0.05, 0) is 30.7 Å². The average Bonchev–Trinajstić information content (AvgIpc) is 2.71. The zero-order chi connectivity index (χ0) is 19.7. The normalized spacial score (nSPS) is 15.6. The van der Waals surface area contributed by atoms with Crippen molar-refractivity contribution in [2.45, 2.75) is 25.9 Å². The largest absolute Gasteiger partial charge is 0.489 e. The van der Waals surface area contributed by atoms with Crippen molar-refractivity contribution in [3.05, 3.63) is 87.6 Å². The number of carbonyl (C=O) groups is 1. The second-order valence-corrected chi connectivity index (χ2v) is 6.88. The number of rotatable bonds is 4. The van der Waals surface area contributed by atoms with Gasteiger partial charge in [-0.2, -0.15) is 0 Å². The first kappa shape index (κ1) is 18.0. The Balaban J connectivity index is 1.68. The second-order valence-electron chi connectivity index (χ2n) is 6.88. The quantitative estimate of drug-likeness (QED) is 0.655. The van der Waals surface area contributed by atoms with E-state index < -0.39 is 0 Å². The van der Waals surface area contributed by atoms with Crippen LogP contribution in [0, 0.1) is 6.92 Å². The number of aryl methyl sites for hydroxylation is 1. The summed E-state index contributed by atoms with van der Waals surface area (Å²) in [6, 6.07) is 13.0. The van der Waals surface area contributed by atoms with Gasteiger partial charge in [-0.15, -0.1) is 0 Å². The van der Waals surface area contributed by atoms with E-state index in [0.717, 1.165) is 16.8 Å². The molecule has 0 saturated carbocycles. The van der Waals surface area contributed by atoms with Crippen molar-refractivity contribution in [2.75, 3.05) is 0 Å². The fraction of sp³-hybridized carbons (Fsp3) is 0.227. The van der Waals surface area contributed by atoms with Gasteiger partial charge in [-0.25, -0.2) is 0 Å². The van der Waals surface area contributed by atoms with Crippen molar-refractivity contribution in [1.82, 2.24) is 9.55 Å². The maximum Gasteiger partial charge on any atom is 0.312 e. The highest BCUT2D eigenvalue weighted by atomic mass is 16.5. The van der Waals surface area contributed by atoms with Gasteiger partial charge < -0.3 is 14.0 Å².